The predicted octanol–water partition coefficient (Wildman–Crippen LogP) is 3.18. The number of aromatic amines is 1. The Labute approximate surface area is 174 Å². The number of anilines is 2. The Morgan fingerprint density at radius 2 is 1.87 bits per heavy atom. The quantitative estimate of drug-likeness (QED) is 0.438. The van der Waals surface area contributed by atoms with Crippen LogP contribution in [-0.4, -0.2) is 50.6 Å². The predicted molar refractivity (Wildman–Crippen MR) is 117 cm³/mol. The number of amides is 1. The van der Waals surface area contributed by atoms with E-state index in [0.717, 1.165) is 16.5 Å². The largest absolute Gasteiger partial charge is 0.336 e. The fourth-order valence-corrected chi connectivity index (χ4v) is 3.23. The number of hydrogen-bond donors (Lipinski definition) is 3. The first-order valence-corrected chi connectivity index (χ1v) is 9.83. The summed E-state index contributed by atoms with van der Waals surface area (Å²) in [5.41, 5.74) is 7.74. The van der Waals surface area contributed by atoms with Crippen LogP contribution in [0.25, 0.3) is 22.3 Å². The van der Waals surface area contributed by atoms with Crippen LogP contribution in [0.15, 0.2) is 60.7 Å². The summed E-state index contributed by atoms with van der Waals surface area (Å²) in [6.45, 7) is 3.40. The van der Waals surface area contributed by atoms with Crippen LogP contribution in [-0.2, 0) is 0 Å². The molecule has 4 aromatic rings. The lowest BCUT2D eigenvalue weighted by Crippen LogP contribution is -2.35. The number of benzene rings is 2. The fourth-order valence-electron chi connectivity index (χ4n) is 3.23. The maximum Gasteiger partial charge on any atom is 0.271 e. The molecule has 0 radical (unpaired) electrons. The number of aromatic nitrogens is 4. The molecule has 0 saturated heterocycles. The molecule has 0 aliphatic carbocycles. The molecule has 0 unspecified atom stereocenters. The van der Waals surface area contributed by atoms with Gasteiger partial charge in [0.05, 0.1) is 5.52 Å². The summed E-state index contributed by atoms with van der Waals surface area (Å²) < 4.78 is 0. The van der Waals surface area contributed by atoms with E-state index in [-0.39, 0.29) is 5.91 Å². The van der Waals surface area contributed by atoms with Gasteiger partial charge in [0.1, 0.15) is 11.5 Å². The van der Waals surface area contributed by atoms with E-state index < -0.39 is 0 Å². The Kier molecular flexibility index (Phi) is 5.67. The van der Waals surface area contributed by atoms with Crippen LogP contribution in [0.2, 0.25) is 0 Å². The monoisotopic (exact) mass is 401 g/mol. The third kappa shape index (κ3) is 3.99. The summed E-state index contributed by atoms with van der Waals surface area (Å²) in [4.78, 5) is 23.7. The Hall–Kier alpha value is -3.78. The van der Waals surface area contributed by atoms with Gasteiger partial charge in [-0.15, -0.1) is 0 Å². The second-order valence-corrected chi connectivity index (χ2v) is 6.74. The number of hydrogen-bond acceptors (Lipinski definition) is 6. The van der Waals surface area contributed by atoms with Crippen LogP contribution < -0.4 is 11.1 Å². The van der Waals surface area contributed by atoms with Gasteiger partial charge >= 0.3 is 0 Å². The number of fused-ring (bicyclic) bond motifs is 1. The fraction of sp³-hybridized carbons (Fsp3) is 0.182. The smallest absolute Gasteiger partial charge is 0.271 e. The van der Waals surface area contributed by atoms with Crippen molar-refractivity contribution in [1.82, 2.24) is 25.1 Å². The molecule has 8 nitrogen and oxygen atoms in total. The van der Waals surface area contributed by atoms with Gasteiger partial charge in [0.15, 0.2) is 11.6 Å². The SMILES string of the molecule is CCN(CCN)C(=O)c1cc(Nc2nc(-c3ccccc3)nc3ccccc23)n[nH]1. The number of nitrogens with two attached hydrogens (primary N) is 1. The zero-order valence-electron chi connectivity index (χ0n) is 16.7. The summed E-state index contributed by atoms with van der Waals surface area (Å²) >= 11 is 0. The lowest BCUT2D eigenvalue weighted by molar-refractivity contribution is 0.0763. The normalized spacial score (nSPS) is 10.9. The maximum absolute atomic E-state index is 12.6. The van der Waals surface area contributed by atoms with Crippen molar-refractivity contribution in [2.45, 2.75) is 6.92 Å². The molecule has 2 aromatic carbocycles. The first-order chi connectivity index (χ1) is 14.7. The molecule has 0 saturated carbocycles. The molecule has 2 heterocycles. The van der Waals surface area contributed by atoms with Crippen LogP contribution in [0.3, 0.4) is 0 Å². The molecule has 0 bridgehead atoms. The average Bonchev–Trinajstić information content (AvgIpc) is 3.26. The minimum absolute atomic E-state index is 0.138. The number of para-hydroxylation sites is 1. The molecular weight excluding hydrogens is 378 g/mol. The van der Waals surface area contributed by atoms with Crippen molar-refractivity contribution in [2.24, 2.45) is 5.73 Å². The van der Waals surface area contributed by atoms with E-state index in [4.69, 9.17) is 10.7 Å². The first-order valence-electron chi connectivity index (χ1n) is 9.83. The molecule has 30 heavy (non-hydrogen) atoms. The Morgan fingerprint density at radius 1 is 1.10 bits per heavy atom. The second-order valence-electron chi connectivity index (χ2n) is 6.74. The summed E-state index contributed by atoms with van der Waals surface area (Å²) in [5, 5.41) is 11.1. The number of carbonyl (C=O) groups is 1. The van der Waals surface area contributed by atoms with Crippen LogP contribution >= 0.6 is 0 Å². The van der Waals surface area contributed by atoms with Crippen molar-refractivity contribution < 1.29 is 4.79 Å². The first kappa shape index (κ1) is 19.5. The van der Waals surface area contributed by atoms with E-state index in [2.05, 4.69) is 20.5 Å². The van der Waals surface area contributed by atoms with Crippen LogP contribution in [0.4, 0.5) is 11.6 Å². The van der Waals surface area contributed by atoms with Crippen molar-refractivity contribution in [3.63, 3.8) is 0 Å². The van der Waals surface area contributed by atoms with Crippen molar-refractivity contribution >= 4 is 28.4 Å². The van der Waals surface area contributed by atoms with Crippen LogP contribution in [0.1, 0.15) is 17.4 Å². The summed E-state index contributed by atoms with van der Waals surface area (Å²) in [6, 6.07) is 19.2. The van der Waals surface area contributed by atoms with Gasteiger partial charge in [0.2, 0.25) is 0 Å². The van der Waals surface area contributed by atoms with Gasteiger partial charge in [0.25, 0.3) is 5.91 Å². The lowest BCUT2D eigenvalue weighted by Gasteiger charge is -2.18. The molecule has 0 aliphatic heterocycles. The molecule has 4 rings (SSSR count). The number of rotatable bonds is 7. The molecule has 1 amide bonds. The van der Waals surface area contributed by atoms with Gasteiger partial charge in [-0.05, 0) is 19.1 Å². The van der Waals surface area contributed by atoms with E-state index in [0.29, 0.717) is 42.8 Å². The van der Waals surface area contributed by atoms with Crippen LogP contribution in [0, 0.1) is 0 Å². The summed E-state index contributed by atoms with van der Waals surface area (Å²) in [5.74, 6) is 1.61. The number of nitrogens with zero attached hydrogens (tertiary/aromatic N) is 4. The van der Waals surface area contributed by atoms with E-state index in [1.807, 2.05) is 61.5 Å². The van der Waals surface area contributed by atoms with E-state index in [1.165, 1.54) is 0 Å². The minimum Gasteiger partial charge on any atom is -0.336 e. The highest BCUT2D eigenvalue weighted by atomic mass is 16.2. The standard InChI is InChI=1S/C22H23N7O/c1-2-29(13-12-23)22(30)18-14-19(28-27-18)25-21-16-10-6-7-11-17(16)24-20(26-21)15-8-4-3-5-9-15/h3-11,14H,2,12-13,23H2,1H3,(H2,24,25,26,27,28). The molecule has 0 fully saturated rings. The number of carbonyl (C=O) groups excluding carboxylic acids is 1. The highest BCUT2D eigenvalue weighted by Crippen LogP contribution is 2.27. The van der Waals surface area contributed by atoms with E-state index in [1.54, 1.807) is 11.0 Å². The summed E-state index contributed by atoms with van der Waals surface area (Å²) in [7, 11) is 0. The van der Waals surface area contributed by atoms with Gasteiger partial charge in [-0.3, -0.25) is 9.89 Å². The van der Waals surface area contributed by atoms with Crippen molar-refractivity contribution in [3.8, 4) is 11.4 Å². The maximum atomic E-state index is 12.6. The van der Waals surface area contributed by atoms with Crippen molar-refractivity contribution in [2.75, 3.05) is 25.0 Å². The molecule has 0 aliphatic rings. The lowest BCUT2D eigenvalue weighted by atomic mass is 10.2. The van der Waals surface area contributed by atoms with Crippen molar-refractivity contribution in [1.29, 1.82) is 0 Å². The van der Waals surface area contributed by atoms with Crippen molar-refractivity contribution in [3.05, 3.63) is 66.4 Å². The Morgan fingerprint density at radius 3 is 2.63 bits per heavy atom. The molecular formula is C22H23N7O. The highest BCUT2D eigenvalue weighted by Gasteiger charge is 2.17. The van der Waals surface area contributed by atoms with Crippen LogP contribution in [0.5, 0.6) is 0 Å². The highest BCUT2D eigenvalue weighted by molar-refractivity contribution is 5.94. The number of likely N-dealkylation sites (N-methyl/N-ethyl adjacent to an activating group) is 1. The second kappa shape index (κ2) is 8.71. The zero-order valence-corrected chi connectivity index (χ0v) is 16.7. The van der Waals surface area contributed by atoms with Gasteiger partial charge in [-0.25, -0.2) is 9.97 Å². The third-order valence-corrected chi connectivity index (χ3v) is 4.76. The van der Waals surface area contributed by atoms with Gasteiger partial charge in [0, 0.05) is 36.7 Å². The molecule has 0 spiro atoms. The Balaban J connectivity index is 1.67. The number of H-pyrrole nitrogens is 1. The molecule has 8 heteroatoms. The molecule has 2 aromatic heterocycles. The van der Waals surface area contributed by atoms with Gasteiger partial charge in [-0.2, -0.15) is 5.10 Å². The Bertz CT molecular complexity index is 1160. The number of nitrogens with one attached hydrogen (secondary N) is 2. The molecule has 4 N–H and O–H groups in total. The molecule has 152 valence electrons. The average molecular weight is 401 g/mol. The zero-order chi connectivity index (χ0) is 20.9. The van der Waals surface area contributed by atoms with E-state index >= 15 is 0 Å². The van der Waals surface area contributed by atoms with E-state index in [9.17, 15) is 4.79 Å². The molecule has 0 atom stereocenters. The topological polar surface area (TPSA) is 113 Å². The minimum atomic E-state index is -0.138. The summed E-state index contributed by atoms with van der Waals surface area (Å²) in [6.07, 6.45) is 0. The van der Waals surface area contributed by atoms with Gasteiger partial charge < -0.3 is 16.0 Å². The third-order valence-electron chi connectivity index (χ3n) is 4.76. The van der Waals surface area contributed by atoms with Gasteiger partial charge in [-0.1, -0.05) is 42.5 Å².